The molecule has 0 fully saturated rings. The zero-order chi connectivity index (χ0) is 44.3. The smallest absolute Gasteiger partial charge is 0.143 e. The van der Waals surface area contributed by atoms with E-state index in [1.54, 1.807) is 0 Å². The highest BCUT2D eigenvalue weighted by atomic mass is 16.3. The predicted molar refractivity (Wildman–Crippen MR) is 280 cm³/mol. The summed E-state index contributed by atoms with van der Waals surface area (Å²) in [6.07, 6.45) is 0. The van der Waals surface area contributed by atoms with Gasteiger partial charge in [-0.25, -0.2) is 0 Å². The summed E-state index contributed by atoms with van der Waals surface area (Å²) in [6.45, 7) is 0. The van der Waals surface area contributed by atoms with Gasteiger partial charge in [-0.15, -0.1) is 0 Å². The zero-order valence-corrected chi connectivity index (χ0v) is 36.7. The van der Waals surface area contributed by atoms with Crippen LogP contribution in [0.15, 0.2) is 265 Å². The van der Waals surface area contributed by atoms with Crippen LogP contribution < -0.4 is 4.90 Å². The molecule has 0 aliphatic heterocycles. The number of hydrogen-bond acceptors (Lipinski definition) is 2. The molecule has 11 aromatic carbocycles. The highest BCUT2D eigenvalue weighted by Gasteiger charge is 2.46. The lowest BCUT2D eigenvalue weighted by atomic mass is 9.67. The van der Waals surface area contributed by atoms with E-state index < -0.39 is 5.41 Å². The van der Waals surface area contributed by atoms with Crippen LogP contribution >= 0.6 is 0 Å². The van der Waals surface area contributed by atoms with Crippen LogP contribution in [-0.4, -0.2) is 0 Å². The minimum absolute atomic E-state index is 0.585. The predicted octanol–water partition coefficient (Wildman–Crippen LogP) is 17.6. The first kappa shape index (κ1) is 38.7. The third kappa shape index (κ3) is 6.26. The fourth-order valence-corrected chi connectivity index (χ4v) is 10.9. The summed E-state index contributed by atoms with van der Waals surface area (Å²) >= 11 is 0. The molecule has 0 radical (unpaired) electrons. The molecule has 1 heterocycles. The quantitative estimate of drug-likeness (QED) is 0.151. The third-order valence-corrected chi connectivity index (χ3v) is 14.0. The lowest BCUT2D eigenvalue weighted by Crippen LogP contribution is -2.28. The minimum atomic E-state index is -0.585. The molecule has 12 aromatic rings. The summed E-state index contributed by atoms with van der Waals surface area (Å²) in [5.41, 5.74) is 18.9. The molecule has 1 aliphatic carbocycles. The average molecular weight is 854 g/mol. The van der Waals surface area contributed by atoms with Crippen LogP contribution in [0.25, 0.3) is 77.2 Å². The highest BCUT2D eigenvalue weighted by Crippen LogP contribution is 2.58. The van der Waals surface area contributed by atoms with Crippen molar-refractivity contribution in [2.24, 2.45) is 0 Å². The Bertz CT molecular complexity index is 3730. The molecule has 0 spiro atoms. The Balaban J connectivity index is 1.02. The average Bonchev–Trinajstić information content (AvgIpc) is 3.93. The molecule has 0 bridgehead atoms. The molecule has 1 aliphatic rings. The molecular formula is C65H43NO. The summed E-state index contributed by atoms with van der Waals surface area (Å²) in [5.74, 6) is 0. The number of rotatable bonds is 8. The normalized spacial score (nSPS) is 12.6. The van der Waals surface area contributed by atoms with Crippen molar-refractivity contribution in [1.29, 1.82) is 0 Å². The Labute approximate surface area is 390 Å². The van der Waals surface area contributed by atoms with E-state index in [9.17, 15) is 0 Å². The Morgan fingerprint density at radius 2 is 0.836 bits per heavy atom. The number of anilines is 3. The summed E-state index contributed by atoms with van der Waals surface area (Å²) in [4.78, 5) is 2.41. The summed E-state index contributed by atoms with van der Waals surface area (Å²) in [6, 6.07) is 95.1. The van der Waals surface area contributed by atoms with Crippen LogP contribution in [0, 0.1) is 0 Å². The molecule has 1 aromatic heterocycles. The SMILES string of the molecule is c1ccc(-c2ccc(N(c3ccc(-c4cccc5c4oc4ccccc45)cc3)c3ccc4c(c3)C(c3ccccc3)(c3ccccc3)c3ccc(-c5cccc6ccccc56)cc3-4)cc2)cc1. The molecule has 314 valence electrons. The van der Waals surface area contributed by atoms with Gasteiger partial charge in [-0.05, 0) is 121 Å². The highest BCUT2D eigenvalue weighted by molar-refractivity contribution is 6.09. The maximum absolute atomic E-state index is 6.50. The van der Waals surface area contributed by atoms with E-state index in [0.29, 0.717) is 0 Å². The molecule has 0 amide bonds. The topological polar surface area (TPSA) is 16.4 Å². The number of benzene rings is 11. The van der Waals surface area contributed by atoms with Gasteiger partial charge >= 0.3 is 0 Å². The molecule has 0 saturated heterocycles. The monoisotopic (exact) mass is 853 g/mol. The van der Waals surface area contributed by atoms with Crippen LogP contribution in [0.1, 0.15) is 22.3 Å². The molecule has 0 N–H and O–H groups in total. The van der Waals surface area contributed by atoms with Crippen LogP contribution in [0.2, 0.25) is 0 Å². The van der Waals surface area contributed by atoms with Crippen molar-refractivity contribution in [3.8, 4) is 44.5 Å². The molecule has 0 atom stereocenters. The van der Waals surface area contributed by atoms with Gasteiger partial charge in [0.15, 0.2) is 0 Å². The van der Waals surface area contributed by atoms with Gasteiger partial charge in [0.1, 0.15) is 11.2 Å². The van der Waals surface area contributed by atoms with Gasteiger partial charge in [0, 0.05) is 33.4 Å². The van der Waals surface area contributed by atoms with Gasteiger partial charge in [0.05, 0.1) is 5.41 Å². The number of nitrogens with zero attached hydrogens (tertiary/aromatic N) is 1. The number of fused-ring (bicyclic) bond motifs is 7. The van der Waals surface area contributed by atoms with Gasteiger partial charge in [0.2, 0.25) is 0 Å². The first-order valence-electron chi connectivity index (χ1n) is 23.1. The first-order chi connectivity index (χ1) is 33.2. The lowest BCUT2D eigenvalue weighted by molar-refractivity contribution is 0.670. The Hall–Kier alpha value is -8.72. The van der Waals surface area contributed by atoms with Gasteiger partial charge in [-0.2, -0.15) is 0 Å². The molecule has 0 unspecified atom stereocenters. The second-order valence-corrected chi connectivity index (χ2v) is 17.6. The van der Waals surface area contributed by atoms with E-state index in [1.165, 1.54) is 66.4 Å². The fourth-order valence-electron chi connectivity index (χ4n) is 10.9. The molecular weight excluding hydrogens is 811 g/mol. The third-order valence-electron chi connectivity index (χ3n) is 14.0. The molecule has 0 saturated carbocycles. The van der Waals surface area contributed by atoms with E-state index in [-0.39, 0.29) is 0 Å². The van der Waals surface area contributed by atoms with Gasteiger partial charge in [-0.3, -0.25) is 0 Å². The molecule has 2 nitrogen and oxygen atoms in total. The minimum Gasteiger partial charge on any atom is -0.455 e. The maximum Gasteiger partial charge on any atom is 0.143 e. The van der Waals surface area contributed by atoms with Crippen molar-refractivity contribution in [1.82, 2.24) is 0 Å². The van der Waals surface area contributed by atoms with Gasteiger partial charge in [-0.1, -0.05) is 212 Å². The Morgan fingerprint density at radius 1 is 0.299 bits per heavy atom. The summed E-state index contributed by atoms with van der Waals surface area (Å²) < 4.78 is 6.50. The van der Waals surface area contributed by atoms with Crippen molar-refractivity contribution in [3.05, 3.63) is 283 Å². The standard InChI is InChI=1S/C65H43NO/c1-4-16-44(17-5-1)45-30-35-51(36-31-45)66(52-37-32-47(33-38-52)56-27-15-28-59-58-25-12-13-29-63(58)67-64(56)59)53-39-40-57-60-42-48(55-26-14-19-46-18-10-11-24-54(46)55)34-41-61(60)65(62(57)43-53,49-20-6-2-7-21-49)50-22-8-3-9-23-50/h1-43H. The molecule has 13 rings (SSSR count). The van der Waals surface area contributed by atoms with Crippen molar-refractivity contribution in [3.63, 3.8) is 0 Å². The molecule has 67 heavy (non-hydrogen) atoms. The van der Waals surface area contributed by atoms with Gasteiger partial charge < -0.3 is 9.32 Å². The van der Waals surface area contributed by atoms with Crippen molar-refractivity contribution in [2.75, 3.05) is 4.90 Å². The number of furan rings is 1. The first-order valence-corrected chi connectivity index (χ1v) is 23.1. The van der Waals surface area contributed by atoms with Crippen LogP contribution in [-0.2, 0) is 5.41 Å². The van der Waals surface area contributed by atoms with Crippen LogP contribution in [0.4, 0.5) is 17.1 Å². The van der Waals surface area contributed by atoms with Crippen molar-refractivity contribution in [2.45, 2.75) is 5.41 Å². The fraction of sp³-hybridized carbons (Fsp3) is 0.0154. The second-order valence-electron chi connectivity index (χ2n) is 17.6. The lowest BCUT2D eigenvalue weighted by Gasteiger charge is -2.35. The second kappa shape index (κ2) is 15.8. The van der Waals surface area contributed by atoms with E-state index in [1.807, 2.05) is 12.1 Å². The van der Waals surface area contributed by atoms with E-state index in [2.05, 4.69) is 254 Å². The summed E-state index contributed by atoms with van der Waals surface area (Å²) in [5, 5.41) is 4.75. The Kier molecular flexibility index (Phi) is 9.11. The van der Waals surface area contributed by atoms with E-state index in [4.69, 9.17) is 4.42 Å². The zero-order valence-electron chi connectivity index (χ0n) is 36.7. The van der Waals surface area contributed by atoms with Crippen molar-refractivity contribution < 1.29 is 4.42 Å². The largest absolute Gasteiger partial charge is 0.455 e. The van der Waals surface area contributed by atoms with Crippen molar-refractivity contribution >= 4 is 49.8 Å². The van der Waals surface area contributed by atoms with E-state index in [0.717, 1.165) is 50.1 Å². The molecule has 2 heteroatoms. The van der Waals surface area contributed by atoms with E-state index >= 15 is 0 Å². The maximum atomic E-state index is 6.50. The number of para-hydroxylation sites is 2. The Morgan fingerprint density at radius 3 is 1.57 bits per heavy atom. The summed E-state index contributed by atoms with van der Waals surface area (Å²) in [7, 11) is 0. The van der Waals surface area contributed by atoms with Crippen LogP contribution in [0.5, 0.6) is 0 Å². The number of hydrogen-bond donors (Lipinski definition) is 0. The van der Waals surface area contributed by atoms with Crippen LogP contribution in [0.3, 0.4) is 0 Å². The van der Waals surface area contributed by atoms with Gasteiger partial charge in [0.25, 0.3) is 0 Å².